The number of benzene rings is 1. The predicted molar refractivity (Wildman–Crippen MR) is 77.1 cm³/mol. The normalized spacial score (nSPS) is 11.8. The second kappa shape index (κ2) is 6.08. The Morgan fingerprint density at radius 1 is 1.31 bits per heavy atom. The van der Waals surface area contributed by atoms with Crippen LogP contribution in [0.15, 0.2) is 27.6 Å². The highest BCUT2D eigenvalue weighted by atomic mass is 79.9. The maximum Gasteiger partial charge on any atom is 0.0231 e. The van der Waals surface area contributed by atoms with Crippen LogP contribution in [0.3, 0.4) is 0 Å². The van der Waals surface area contributed by atoms with Crippen LogP contribution in [0.2, 0.25) is 0 Å². The zero-order valence-corrected chi connectivity index (χ0v) is 12.8. The fraction of sp³-hybridized carbons (Fsp3) is 0.538. The first kappa shape index (κ1) is 14.1. The number of thioether (sulfide) groups is 1. The molecular weight excluding hydrogens is 282 g/mol. The summed E-state index contributed by atoms with van der Waals surface area (Å²) in [6.45, 7) is 9.63. The lowest BCUT2D eigenvalue weighted by atomic mass is 10.1. The van der Waals surface area contributed by atoms with Crippen LogP contribution in [0.25, 0.3) is 0 Å². The third-order valence-electron chi connectivity index (χ3n) is 2.14. The molecule has 0 saturated heterocycles. The molecule has 0 unspecified atom stereocenters. The minimum absolute atomic E-state index is 0.163. The molecule has 0 aliphatic heterocycles. The Kier molecular flexibility index (Phi) is 5.35. The number of halogens is 1. The number of rotatable bonds is 4. The van der Waals surface area contributed by atoms with E-state index in [1.54, 1.807) is 0 Å². The molecule has 0 atom stereocenters. The maximum absolute atomic E-state index is 3.63. The molecule has 0 aliphatic rings. The van der Waals surface area contributed by atoms with Crippen molar-refractivity contribution in [3.05, 3.63) is 28.2 Å². The Morgan fingerprint density at radius 3 is 2.50 bits per heavy atom. The van der Waals surface area contributed by atoms with Crippen molar-refractivity contribution in [3.63, 3.8) is 0 Å². The summed E-state index contributed by atoms with van der Waals surface area (Å²) in [5.74, 6) is 1.12. The van der Waals surface area contributed by atoms with Crippen molar-refractivity contribution in [1.29, 1.82) is 0 Å². The van der Waals surface area contributed by atoms with Crippen LogP contribution in [0.4, 0.5) is 0 Å². The molecule has 1 aromatic carbocycles. The standard InChI is InChI=1S/C13H20BrNS/c1-5-16-11-7-6-10(12(14)8-11)9-15-13(2,3)4/h6-8,15H,5,9H2,1-4H3. The summed E-state index contributed by atoms with van der Waals surface area (Å²) in [5.41, 5.74) is 1.48. The molecule has 0 aromatic heterocycles. The van der Waals surface area contributed by atoms with E-state index in [9.17, 15) is 0 Å². The highest BCUT2D eigenvalue weighted by Gasteiger charge is 2.09. The van der Waals surface area contributed by atoms with E-state index in [1.807, 2.05) is 11.8 Å². The second-order valence-corrected chi connectivity index (χ2v) is 6.98. The smallest absolute Gasteiger partial charge is 0.0231 e. The molecule has 0 spiro atoms. The molecule has 16 heavy (non-hydrogen) atoms. The molecule has 0 bridgehead atoms. The number of nitrogens with one attached hydrogen (secondary N) is 1. The first-order valence-electron chi connectivity index (χ1n) is 5.58. The molecule has 0 aliphatic carbocycles. The van der Waals surface area contributed by atoms with Gasteiger partial charge in [-0.2, -0.15) is 0 Å². The average molecular weight is 302 g/mol. The van der Waals surface area contributed by atoms with Crippen LogP contribution < -0.4 is 5.32 Å². The Bertz CT molecular complexity index is 344. The van der Waals surface area contributed by atoms with Crippen LogP contribution in [-0.4, -0.2) is 11.3 Å². The van der Waals surface area contributed by atoms with Gasteiger partial charge in [0, 0.05) is 21.5 Å². The van der Waals surface area contributed by atoms with Gasteiger partial charge in [0.15, 0.2) is 0 Å². The maximum atomic E-state index is 3.63. The molecule has 0 fully saturated rings. The summed E-state index contributed by atoms with van der Waals surface area (Å²) in [5, 5.41) is 3.49. The summed E-state index contributed by atoms with van der Waals surface area (Å²) in [6, 6.07) is 6.59. The highest BCUT2D eigenvalue weighted by Crippen LogP contribution is 2.25. The van der Waals surface area contributed by atoms with Gasteiger partial charge in [0.25, 0.3) is 0 Å². The molecule has 1 N–H and O–H groups in total. The van der Waals surface area contributed by atoms with Crippen molar-refractivity contribution in [2.75, 3.05) is 5.75 Å². The van der Waals surface area contributed by atoms with Crippen molar-refractivity contribution in [3.8, 4) is 0 Å². The predicted octanol–water partition coefficient (Wildman–Crippen LogP) is 4.45. The Labute approximate surface area is 112 Å². The summed E-state index contributed by atoms with van der Waals surface area (Å²) in [4.78, 5) is 1.33. The van der Waals surface area contributed by atoms with Gasteiger partial charge in [-0.25, -0.2) is 0 Å². The fourth-order valence-corrected chi connectivity index (χ4v) is 2.66. The Morgan fingerprint density at radius 2 is 2.00 bits per heavy atom. The molecule has 90 valence electrons. The van der Waals surface area contributed by atoms with Gasteiger partial charge in [-0.05, 0) is 44.2 Å². The second-order valence-electron chi connectivity index (χ2n) is 4.79. The van der Waals surface area contributed by atoms with Crippen molar-refractivity contribution < 1.29 is 0 Å². The molecule has 3 heteroatoms. The van der Waals surface area contributed by atoms with E-state index in [1.165, 1.54) is 14.9 Å². The zero-order valence-electron chi connectivity index (χ0n) is 10.4. The number of hydrogen-bond donors (Lipinski definition) is 1. The molecule has 1 aromatic rings. The third-order valence-corrected chi connectivity index (χ3v) is 3.76. The Hall–Kier alpha value is 0.01000. The monoisotopic (exact) mass is 301 g/mol. The molecular formula is C13H20BrNS. The van der Waals surface area contributed by atoms with Gasteiger partial charge in [0.1, 0.15) is 0 Å². The van der Waals surface area contributed by atoms with Gasteiger partial charge in [-0.3, -0.25) is 0 Å². The molecule has 1 rings (SSSR count). The minimum atomic E-state index is 0.163. The third kappa shape index (κ3) is 4.89. The van der Waals surface area contributed by atoms with Gasteiger partial charge in [0.05, 0.1) is 0 Å². The van der Waals surface area contributed by atoms with Gasteiger partial charge in [0.2, 0.25) is 0 Å². The number of hydrogen-bond acceptors (Lipinski definition) is 2. The molecule has 0 heterocycles. The van der Waals surface area contributed by atoms with Gasteiger partial charge >= 0.3 is 0 Å². The molecule has 0 saturated carbocycles. The van der Waals surface area contributed by atoms with Crippen LogP contribution in [0, 0.1) is 0 Å². The lowest BCUT2D eigenvalue weighted by Gasteiger charge is -2.21. The van der Waals surface area contributed by atoms with Crippen molar-refractivity contribution in [2.24, 2.45) is 0 Å². The lowest BCUT2D eigenvalue weighted by molar-refractivity contribution is 0.424. The summed E-state index contributed by atoms with van der Waals surface area (Å²) < 4.78 is 1.20. The SMILES string of the molecule is CCSc1ccc(CNC(C)(C)C)c(Br)c1. The van der Waals surface area contributed by atoms with E-state index in [2.05, 4.69) is 67.1 Å². The van der Waals surface area contributed by atoms with Gasteiger partial charge in [-0.1, -0.05) is 28.9 Å². The van der Waals surface area contributed by atoms with Crippen LogP contribution in [0.1, 0.15) is 33.3 Å². The summed E-state index contributed by atoms with van der Waals surface area (Å²) >= 11 is 5.50. The van der Waals surface area contributed by atoms with Gasteiger partial charge in [-0.15, -0.1) is 11.8 Å². The quantitative estimate of drug-likeness (QED) is 0.825. The largest absolute Gasteiger partial charge is 0.308 e. The van der Waals surface area contributed by atoms with E-state index in [0.29, 0.717) is 0 Å². The van der Waals surface area contributed by atoms with Crippen molar-refractivity contribution in [2.45, 2.75) is 44.7 Å². The van der Waals surface area contributed by atoms with E-state index >= 15 is 0 Å². The molecule has 1 nitrogen and oxygen atoms in total. The lowest BCUT2D eigenvalue weighted by Crippen LogP contribution is -2.35. The summed E-state index contributed by atoms with van der Waals surface area (Å²) in [7, 11) is 0. The topological polar surface area (TPSA) is 12.0 Å². The van der Waals surface area contributed by atoms with E-state index in [-0.39, 0.29) is 5.54 Å². The van der Waals surface area contributed by atoms with Crippen LogP contribution in [-0.2, 0) is 6.54 Å². The fourth-order valence-electron chi connectivity index (χ4n) is 1.29. The highest BCUT2D eigenvalue weighted by molar-refractivity contribution is 9.10. The first-order valence-corrected chi connectivity index (χ1v) is 7.36. The van der Waals surface area contributed by atoms with E-state index < -0.39 is 0 Å². The van der Waals surface area contributed by atoms with Crippen LogP contribution in [0.5, 0.6) is 0 Å². The summed E-state index contributed by atoms with van der Waals surface area (Å²) in [6.07, 6.45) is 0. The van der Waals surface area contributed by atoms with E-state index in [0.717, 1.165) is 12.3 Å². The molecule has 0 radical (unpaired) electrons. The van der Waals surface area contributed by atoms with Crippen molar-refractivity contribution >= 4 is 27.7 Å². The first-order chi connectivity index (χ1) is 7.42. The van der Waals surface area contributed by atoms with E-state index in [4.69, 9.17) is 0 Å². The minimum Gasteiger partial charge on any atom is -0.308 e. The Balaban J connectivity index is 2.68. The molecule has 0 amide bonds. The zero-order chi connectivity index (χ0) is 12.2. The average Bonchev–Trinajstić information content (AvgIpc) is 2.15. The van der Waals surface area contributed by atoms with Gasteiger partial charge < -0.3 is 5.32 Å². The van der Waals surface area contributed by atoms with Crippen LogP contribution >= 0.6 is 27.7 Å². The van der Waals surface area contributed by atoms with Crippen molar-refractivity contribution in [1.82, 2.24) is 5.32 Å².